The molecule has 1 aliphatic carbocycles. The number of aliphatic hydroxyl groups excluding tert-OH is 1. The van der Waals surface area contributed by atoms with E-state index in [0.29, 0.717) is 22.1 Å². The van der Waals surface area contributed by atoms with Gasteiger partial charge in [-0.1, -0.05) is 41.9 Å². The second kappa shape index (κ2) is 9.18. The minimum atomic E-state index is -0.575. The van der Waals surface area contributed by atoms with Crippen molar-refractivity contribution in [3.05, 3.63) is 81.3 Å². The fourth-order valence-corrected chi connectivity index (χ4v) is 4.51. The molecule has 0 atom stereocenters. The van der Waals surface area contributed by atoms with Crippen LogP contribution in [0, 0.1) is 0 Å². The summed E-state index contributed by atoms with van der Waals surface area (Å²) in [6.45, 7) is 0.100. The van der Waals surface area contributed by atoms with Crippen LogP contribution in [0.3, 0.4) is 0 Å². The third kappa shape index (κ3) is 4.79. The summed E-state index contributed by atoms with van der Waals surface area (Å²) in [6, 6.07) is 14.8. The maximum Gasteiger partial charge on any atom is 0.251 e. The Labute approximate surface area is 189 Å². The van der Waals surface area contributed by atoms with Crippen LogP contribution in [0.5, 0.6) is 0 Å². The Morgan fingerprint density at radius 3 is 2.55 bits per heavy atom. The van der Waals surface area contributed by atoms with Gasteiger partial charge in [0.05, 0.1) is 12.0 Å². The number of hydrogen-bond acceptors (Lipinski definition) is 5. The zero-order valence-corrected chi connectivity index (χ0v) is 18.3. The zero-order valence-electron chi connectivity index (χ0n) is 16.7. The van der Waals surface area contributed by atoms with Crippen molar-refractivity contribution in [2.45, 2.75) is 24.7 Å². The van der Waals surface area contributed by atoms with Gasteiger partial charge in [-0.15, -0.1) is 11.3 Å². The highest BCUT2D eigenvalue weighted by Crippen LogP contribution is 2.49. The summed E-state index contributed by atoms with van der Waals surface area (Å²) in [6.07, 6.45) is 3.95. The number of thiazole rings is 1. The number of amides is 2. The number of halogens is 1. The molecule has 0 spiro atoms. The van der Waals surface area contributed by atoms with E-state index in [-0.39, 0.29) is 25.0 Å². The molecule has 1 heterocycles. The number of benzene rings is 2. The zero-order chi connectivity index (χ0) is 21.8. The molecule has 3 aromatic rings. The lowest BCUT2D eigenvalue weighted by atomic mass is 9.94. The second-order valence-electron chi connectivity index (χ2n) is 7.49. The topological polar surface area (TPSA) is 91.3 Å². The van der Waals surface area contributed by atoms with Gasteiger partial charge in [0.1, 0.15) is 0 Å². The first kappa shape index (κ1) is 21.5. The second-order valence-corrected chi connectivity index (χ2v) is 9.02. The summed E-state index contributed by atoms with van der Waals surface area (Å²) in [5, 5.41) is 15.7. The Hall–Kier alpha value is -2.74. The van der Waals surface area contributed by atoms with Crippen molar-refractivity contribution < 1.29 is 14.7 Å². The molecule has 160 valence electrons. The summed E-state index contributed by atoms with van der Waals surface area (Å²) in [7, 11) is 0. The third-order valence-electron chi connectivity index (χ3n) is 5.38. The van der Waals surface area contributed by atoms with Crippen LogP contribution in [0.25, 0.3) is 0 Å². The van der Waals surface area contributed by atoms with Crippen molar-refractivity contribution >= 4 is 39.9 Å². The Morgan fingerprint density at radius 2 is 1.87 bits per heavy atom. The molecule has 0 bridgehead atoms. The summed E-state index contributed by atoms with van der Waals surface area (Å²) < 4.78 is 0. The molecule has 0 aliphatic heterocycles. The van der Waals surface area contributed by atoms with E-state index in [1.807, 2.05) is 36.4 Å². The third-order valence-corrected chi connectivity index (χ3v) is 6.66. The van der Waals surface area contributed by atoms with E-state index in [2.05, 4.69) is 15.6 Å². The van der Waals surface area contributed by atoms with Gasteiger partial charge in [-0.3, -0.25) is 9.59 Å². The van der Waals surface area contributed by atoms with Crippen molar-refractivity contribution in [2.75, 3.05) is 18.5 Å². The summed E-state index contributed by atoms with van der Waals surface area (Å²) in [4.78, 5) is 30.4. The van der Waals surface area contributed by atoms with Gasteiger partial charge in [-0.25, -0.2) is 4.98 Å². The number of nitrogens with zero attached hydrogens (tertiary/aromatic N) is 1. The number of carbonyl (C=O) groups excluding carboxylic acids is 2. The number of rotatable bonds is 8. The van der Waals surface area contributed by atoms with Crippen LogP contribution in [0.2, 0.25) is 5.02 Å². The average molecular weight is 456 g/mol. The van der Waals surface area contributed by atoms with Crippen LogP contribution in [0.15, 0.2) is 54.7 Å². The summed E-state index contributed by atoms with van der Waals surface area (Å²) in [5.41, 5.74) is 1.83. The van der Waals surface area contributed by atoms with Crippen molar-refractivity contribution in [1.82, 2.24) is 10.3 Å². The predicted octanol–water partition coefficient (Wildman–Crippen LogP) is 3.78. The summed E-state index contributed by atoms with van der Waals surface area (Å²) >= 11 is 7.68. The van der Waals surface area contributed by atoms with Crippen molar-refractivity contribution in [3.63, 3.8) is 0 Å². The molecule has 1 saturated carbocycles. The van der Waals surface area contributed by atoms with Crippen molar-refractivity contribution in [3.8, 4) is 0 Å². The van der Waals surface area contributed by atoms with Crippen LogP contribution >= 0.6 is 22.9 Å². The molecular weight excluding hydrogens is 434 g/mol. The van der Waals surface area contributed by atoms with Gasteiger partial charge in [0.15, 0.2) is 5.13 Å². The molecular formula is C23H22ClN3O3S. The van der Waals surface area contributed by atoms with E-state index in [9.17, 15) is 9.59 Å². The number of aromatic nitrogens is 1. The maximum atomic E-state index is 13.0. The monoisotopic (exact) mass is 455 g/mol. The van der Waals surface area contributed by atoms with Crippen LogP contribution in [-0.2, 0) is 16.6 Å². The van der Waals surface area contributed by atoms with Crippen molar-refractivity contribution in [1.29, 1.82) is 0 Å². The first-order chi connectivity index (χ1) is 15.0. The minimum Gasteiger partial charge on any atom is -0.395 e. The highest BCUT2D eigenvalue weighted by molar-refractivity contribution is 7.15. The Bertz CT molecular complexity index is 1090. The van der Waals surface area contributed by atoms with E-state index in [1.165, 1.54) is 11.3 Å². The van der Waals surface area contributed by atoms with E-state index >= 15 is 0 Å². The van der Waals surface area contributed by atoms with Gasteiger partial charge in [0.2, 0.25) is 5.91 Å². The van der Waals surface area contributed by atoms with E-state index in [1.54, 1.807) is 18.3 Å². The predicted molar refractivity (Wildman–Crippen MR) is 122 cm³/mol. The van der Waals surface area contributed by atoms with Crippen LogP contribution in [-0.4, -0.2) is 35.1 Å². The molecule has 0 unspecified atom stereocenters. The highest BCUT2D eigenvalue weighted by Gasteiger charge is 2.51. The lowest BCUT2D eigenvalue weighted by molar-refractivity contribution is -0.118. The van der Waals surface area contributed by atoms with Gasteiger partial charge >= 0.3 is 0 Å². The molecule has 31 heavy (non-hydrogen) atoms. The molecule has 3 N–H and O–H groups in total. The van der Waals surface area contributed by atoms with E-state index in [0.717, 1.165) is 28.8 Å². The highest BCUT2D eigenvalue weighted by atomic mass is 35.5. The van der Waals surface area contributed by atoms with Crippen LogP contribution < -0.4 is 10.6 Å². The molecule has 2 amide bonds. The fourth-order valence-electron chi connectivity index (χ4n) is 3.48. The number of nitrogens with one attached hydrogen (secondary N) is 2. The molecule has 1 aliphatic rings. The molecule has 1 fully saturated rings. The number of anilines is 1. The van der Waals surface area contributed by atoms with Crippen LogP contribution in [0.4, 0.5) is 5.13 Å². The Balaban J connectivity index is 1.41. The molecule has 0 radical (unpaired) electrons. The Morgan fingerprint density at radius 1 is 1.13 bits per heavy atom. The maximum absolute atomic E-state index is 13.0. The molecule has 8 heteroatoms. The van der Waals surface area contributed by atoms with E-state index < -0.39 is 5.41 Å². The van der Waals surface area contributed by atoms with Gasteiger partial charge in [0.25, 0.3) is 5.91 Å². The molecule has 1 aromatic heterocycles. The SMILES string of the molecule is O=C(NCCO)c1ccc(C2(C(=O)Nc3ncc(Cc4ccccc4Cl)s3)CC2)cc1. The minimum absolute atomic E-state index is 0.0800. The van der Waals surface area contributed by atoms with Gasteiger partial charge < -0.3 is 15.7 Å². The smallest absolute Gasteiger partial charge is 0.251 e. The number of hydrogen-bond donors (Lipinski definition) is 3. The lowest BCUT2D eigenvalue weighted by Crippen LogP contribution is -2.28. The van der Waals surface area contributed by atoms with Gasteiger partial charge in [-0.05, 0) is 42.2 Å². The van der Waals surface area contributed by atoms with Crippen molar-refractivity contribution in [2.24, 2.45) is 0 Å². The van der Waals surface area contributed by atoms with E-state index in [4.69, 9.17) is 16.7 Å². The first-order valence-corrected chi connectivity index (χ1v) is 11.2. The molecule has 2 aromatic carbocycles. The molecule has 6 nitrogen and oxygen atoms in total. The number of aliphatic hydroxyl groups is 1. The van der Waals surface area contributed by atoms with Gasteiger partial charge in [-0.2, -0.15) is 0 Å². The standard InChI is InChI=1S/C23H22ClN3O3S/c24-19-4-2-1-3-16(19)13-18-14-26-22(31-18)27-21(30)23(9-10-23)17-7-5-15(6-8-17)20(29)25-11-12-28/h1-8,14,28H,9-13H2,(H,25,29)(H,26,27,30). The lowest BCUT2D eigenvalue weighted by Gasteiger charge is -2.15. The fraction of sp³-hybridized carbons (Fsp3) is 0.261. The largest absolute Gasteiger partial charge is 0.395 e. The first-order valence-electron chi connectivity index (χ1n) is 10.0. The number of carbonyl (C=O) groups is 2. The molecule has 0 saturated heterocycles. The summed E-state index contributed by atoms with van der Waals surface area (Å²) in [5.74, 6) is -0.327. The quantitative estimate of drug-likeness (QED) is 0.482. The Kier molecular flexibility index (Phi) is 6.36. The molecule has 4 rings (SSSR count). The van der Waals surface area contributed by atoms with Crippen LogP contribution in [0.1, 0.15) is 39.2 Å². The van der Waals surface area contributed by atoms with Gasteiger partial charge in [0, 0.05) is 34.6 Å². The average Bonchev–Trinajstić information content (AvgIpc) is 3.49. The normalized spacial score (nSPS) is 14.1.